The van der Waals surface area contributed by atoms with E-state index >= 15 is 0 Å². The number of hydrogen-bond acceptors (Lipinski definition) is 5. The Bertz CT molecular complexity index is 904. The largest absolute Gasteiger partial charge is 0.493 e. The normalized spacial score (nSPS) is 10.3. The first-order valence-corrected chi connectivity index (χ1v) is 7.82. The average molecular weight is 337 g/mol. The molecule has 0 radical (unpaired) electrons. The third-order valence-corrected chi connectivity index (χ3v) is 3.70. The third-order valence-electron chi connectivity index (χ3n) is 3.70. The number of ether oxygens (including phenoxy) is 2. The van der Waals surface area contributed by atoms with Gasteiger partial charge in [0.25, 0.3) is 5.56 Å². The van der Waals surface area contributed by atoms with Crippen LogP contribution >= 0.6 is 0 Å². The minimum absolute atomic E-state index is 0.154. The van der Waals surface area contributed by atoms with E-state index in [2.05, 4.69) is 10.3 Å². The van der Waals surface area contributed by atoms with Crippen LogP contribution < -0.4 is 20.3 Å². The average Bonchev–Trinajstić information content (AvgIpc) is 2.64. The Labute approximate surface area is 145 Å². The lowest BCUT2D eigenvalue weighted by molar-refractivity contribution is 0.379. The monoisotopic (exact) mass is 337 g/mol. The molecule has 0 aliphatic rings. The third kappa shape index (κ3) is 3.98. The van der Waals surface area contributed by atoms with Crippen LogP contribution in [0.4, 0.5) is 5.82 Å². The molecule has 2 aromatic carbocycles. The van der Waals surface area contributed by atoms with Gasteiger partial charge < -0.3 is 19.4 Å². The van der Waals surface area contributed by atoms with E-state index in [-0.39, 0.29) is 5.56 Å². The van der Waals surface area contributed by atoms with Gasteiger partial charge in [-0.15, -0.1) is 0 Å². The topological polar surface area (TPSA) is 65.4 Å². The van der Waals surface area contributed by atoms with Crippen LogP contribution in [0, 0.1) is 0 Å². The molecule has 0 aliphatic carbocycles. The number of nitrogens with one attached hydrogen (secondary N) is 1. The highest BCUT2D eigenvalue weighted by Crippen LogP contribution is 2.30. The molecule has 3 rings (SSSR count). The van der Waals surface area contributed by atoms with E-state index in [9.17, 15) is 4.79 Å². The molecule has 0 saturated heterocycles. The van der Waals surface area contributed by atoms with E-state index in [4.69, 9.17) is 9.47 Å². The van der Waals surface area contributed by atoms with Gasteiger partial charge in [-0.1, -0.05) is 24.3 Å². The number of para-hydroxylation sites is 2. The lowest BCUT2D eigenvalue weighted by Gasteiger charge is -2.11. The number of benzene rings is 2. The van der Waals surface area contributed by atoms with Gasteiger partial charge in [-0.25, -0.2) is 4.98 Å². The zero-order valence-corrected chi connectivity index (χ0v) is 14.1. The number of anilines is 1. The molecule has 1 heterocycles. The number of nitrogens with zero attached hydrogens (tertiary/aromatic N) is 2. The lowest BCUT2D eigenvalue weighted by Crippen LogP contribution is -2.21. The molecule has 128 valence electrons. The Morgan fingerprint density at radius 1 is 1.08 bits per heavy atom. The lowest BCUT2D eigenvalue weighted by atomic mass is 10.2. The van der Waals surface area contributed by atoms with Crippen molar-refractivity contribution in [2.75, 3.05) is 12.4 Å². The van der Waals surface area contributed by atoms with Crippen molar-refractivity contribution >= 4 is 5.82 Å². The van der Waals surface area contributed by atoms with Crippen molar-refractivity contribution in [2.45, 2.75) is 6.54 Å². The van der Waals surface area contributed by atoms with Gasteiger partial charge in [0, 0.05) is 26.0 Å². The molecular formula is C19H19N3O3. The number of rotatable bonds is 6. The highest BCUT2D eigenvalue weighted by molar-refractivity contribution is 5.43. The second-order valence-electron chi connectivity index (χ2n) is 5.44. The highest BCUT2D eigenvalue weighted by Gasteiger charge is 2.05. The first-order valence-electron chi connectivity index (χ1n) is 7.82. The van der Waals surface area contributed by atoms with Gasteiger partial charge in [0.05, 0.1) is 7.11 Å². The molecule has 1 aromatic heterocycles. The molecule has 25 heavy (non-hydrogen) atoms. The second kappa shape index (κ2) is 7.53. The summed E-state index contributed by atoms with van der Waals surface area (Å²) in [6.07, 6.45) is 3.21. The van der Waals surface area contributed by atoms with E-state index in [1.165, 1.54) is 4.57 Å². The maximum absolute atomic E-state index is 11.9. The van der Waals surface area contributed by atoms with Crippen LogP contribution in [0.1, 0.15) is 5.56 Å². The molecule has 0 atom stereocenters. The molecule has 6 heteroatoms. The molecular weight excluding hydrogens is 318 g/mol. The Morgan fingerprint density at radius 3 is 2.52 bits per heavy atom. The molecule has 0 aliphatic heterocycles. The van der Waals surface area contributed by atoms with Crippen LogP contribution in [0.5, 0.6) is 17.2 Å². The first-order chi connectivity index (χ1) is 12.2. The Balaban J connectivity index is 1.66. The molecule has 0 spiro atoms. The van der Waals surface area contributed by atoms with Crippen LogP contribution in [-0.2, 0) is 13.6 Å². The van der Waals surface area contributed by atoms with Gasteiger partial charge in [0.2, 0.25) is 0 Å². The van der Waals surface area contributed by atoms with Gasteiger partial charge in [-0.3, -0.25) is 4.79 Å². The van der Waals surface area contributed by atoms with Crippen molar-refractivity contribution in [2.24, 2.45) is 7.05 Å². The Kier molecular flexibility index (Phi) is 4.99. The van der Waals surface area contributed by atoms with E-state index in [1.54, 1.807) is 26.6 Å². The molecule has 0 saturated carbocycles. The summed E-state index contributed by atoms with van der Waals surface area (Å²) in [6.45, 7) is 0.501. The molecule has 3 aromatic rings. The fourth-order valence-corrected chi connectivity index (χ4v) is 2.31. The summed E-state index contributed by atoms with van der Waals surface area (Å²) in [5.41, 5.74) is 0.860. The fourth-order valence-electron chi connectivity index (χ4n) is 2.31. The quantitative estimate of drug-likeness (QED) is 0.748. The number of aromatic nitrogens is 2. The van der Waals surface area contributed by atoms with Crippen molar-refractivity contribution in [3.05, 3.63) is 76.8 Å². The SMILES string of the molecule is COc1ccccc1Oc1ccc(CNc2nccn(C)c2=O)cc1. The van der Waals surface area contributed by atoms with E-state index in [0.717, 1.165) is 5.56 Å². The number of hydrogen-bond donors (Lipinski definition) is 1. The van der Waals surface area contributed by atoms with Gasteiger partial charge >= 0.3 is 0 Å². The predicted molar refractivity (Wildman–Crippen MR) is 96.3 cm³/mol. The van der Waals surface area contributed by atoms with Crippen molar-refractivity contribution in [1.82, 2.24) is 9.55 Å². The van der Waals surface area contributed by atoms with E-state index in [1.807, 2.05) is 48.5 Å². The second-order valence-corrected chi connectivity index (χ2v) is 5.44. The molecule has 0 fully saturated rings. The maximum atomic E-state index is 11.9. The fraction of sp³-hybridized carbons (Fsp3) is 0.158. The Hall–Kier alpha value is -3.28. The maximum Gasteiger partial charge on any atom is 0.293 e. The van der Waals surface area contributed by atoms with Crippen LogP contribution in [0.3, 0.4) is 0 Å². The summed E-state index contributed by atoms with van der Waals surface area (Å²) < 4.78 is 12.6. The summed E-state index contributed by atoms with van der Waals surface area (Å²) in [7, 11) is 3.30. The number of methoxy groups -OCH3 is 1. The number of aryl methyl sites for hydroxylation is 1. The van der Waals surface area contributed by atoms with Gasteiger partial charge in [0.1, 0.15) is 5.75 Å². The van der Waals surface area contributed by atoms with Gasteiger partial charge in [-0.2, -0.15) is 0 Å². The van der Waals surface area contributed by atoms with Crippen LogP contribution in [0.2, 0.25) is 0 Å². The zero-order chi connectivity index (χ0) is 17.6. The van der Waals surface area contributed by atoms with Crippen LogP contribution in [0.25, 0.3) is 0 Å². The van der Waals surface area contributed by atoms with Crippen molar-refractivity contribution in [3.8, 4) is 17.2 Å². The highest BCUT2D eigenvalue weighted by atomic mass is 16.5. The molecule has 0 unspecified atom stereocenters. The van der Waals surface area contributed by atoms with Crippen molar-refractivity contribution in [1.29, 1.82) is 0 Å². The summed E-state index contributed by atoms with van der Waals surface area (Å²) in [5, 5.41) is 3.05. The summed E-state index contributed by atoms with van der Waals surface area (Å²) in [5.74, 6) is 2.38. The van der Waals surface area contributed by atoms with E-state index in [0.29, 0.717) is 29.6 Å². The van der Waals surface area contributed by atoms with Gasteiger partial charge in [-0.05, 0) is 29.8 Å². The molecule has 1 N–H and O–H groups in total. The summed E-state index contributed by atoms with van der Waals surface area (Å²) in [4.78, 5) is 16.0. The standard InChI is InChI=1S/C19H19N3O3/c1-22-12-11-20-18(19(22)23)21-13-14-7-9-15(10-8-14)25-17-6-4-3-5-16(17)24-2/h3-12H,13H2,1-2H3,(H,20,21). The molecule has 6 nitrogen and oxygen atoms in total. The minimum Gasteiger partial charge on any atom is -0.493 e. The molecule has 0 amide bonds. The van der Waals surface area contributed by atoms with E-state index < -0.39 is 0 Å². The minimum atomic E-state index is -0.154. The van der Waals surface area contributed by atoms with Gasteiger partial charge in [0.15, 0.2) is 17.3 Å². The van der Waals surface area contributed by atoms with Crippen molar-refractivity contribution in [3.63, 3.8) is 0 Å². The first kappa shape index (κ1) is 16.6. The Morgan fingerprint density at radius 2 is 1.80 bits per heavy atom. The van der Waals surface area contributed by atoms with Crippen LogP contribution in [-0.4, -0.2) is 16.7 Å². The summed E-state index contributed by atoms with van der Waals surface area (Å²) >= 11 is 0. The van der Waals surface area contributed by atoms with Crippen LogP contribution in [0.15, 0.2) is 65.7 Å². The smallest absolute Gasteiger partial charge is 0.293 e. The summed E-state index contributed by atoms with van der Waals surface area (Å²) in [6, 6.07) is 15.1. The zero-order valence-electron chi connectivity index (χ0n) is 14.1. The van der Waals surface area contributed by atoms with Crippen molar-refractivity contribution < 1.29 is 9.47 Å². The predicted octanol–water partition coefficient (Wildman–Crippen LogP) is 3.19. The molecule has 0 bridgehead atoms.